The van der Waals surface area contributed by atoms with Crippen molar-refractivity contribution in [2.24, 2.45) is 5.92 Å². The molecular formula is C13H24N2OS. The van der Waals surface area contributed by atoms with Crippen LogP contribution in [0.5, 0.6) is 0 Å². The van der Waals surface area contributed by atoms with Gasteiger partial charge >= 0.3 is 0 Å². The lowest BCUT2D eigenvalue weighted by Crippen LogP contribution is -2.42. The Bertz CT molecular complexity index is 250. The van der Waals surface area contributed by atoms with Crippen LogP contribution in [0.4, 0.5) is 0 Å². The molecule has 1 aliphatic carbocycles. The lowest BCUT2D eigenvalue weighted by molar-refractivity contribution is -0.124. The van der Waals surface area contributed by atoms with Crippen LogP contribution in [0.15, 0.2) is 0 Å². The van der Waals surface area contributed by atoms with E-state index < -0.39 is 0 Å². The molecule has 3 nitrogen and oxygen atoms in total. The number of carbonyl (C=O) groups is 1. The maximum Gasteiger partial charge on any atom is 0.229 e. The van der Waals surface area contributed by atoms with Crippen molar-refractivity contribution in [1.82, 2.24) is 10.6 Å². The number of thiocarbonyl (C=S) groups is 1. The number of carbonyl (C=O) groups excluding carboxylic acids is 1. The van der Waals surface area contributed by atoms with Gasteiger partial charge in [0.05, 0.1) is 0 Å². The van der Waals surface area contributed by atoms with Crippen molar-refractivity contribution in [3.05, 3.63) is 0 Å². The second kappa shape index (κ2) is 8.45. The molecule has 0 radical (unpaired) electrons. The zero-order chi connectivity index (χ0) is 12.5. The number of hydrogen-bond donors (Lipinski definition) is 2. The molecule has 0 bridgehead atoms. The molecule has 2 N–H and O–H groups in total. The normalized spacial score (nSPS) is 16.5. The summed E-state index contributed by atoms with van der Waals surface area (Å²) < 4.78 is 0. The van der Waals surface area contributed by atoms with Crippen LogP contribution in [0.2, 0.25) is 0 Å². The SMILES string of the molecule is CCCCCNC(=S)NC(=O)C1CCCCC1. The Morgan fingerprint density at radius 2 is 1.94 bits per heavy atom. The minimum Gasteiger partial charge on any atom is -0.362 e. The van der Waals surface area contributed by atoms with Gasteiger partial charge in [-0.1, -0.05) is 39.0 Å². The predicted molar refractivity (Wildman–Crippen MR) is 74.8 cm³/mol. The summed E-state index contributed by atoms with van der Waals surface area (Å²) in [6.45, 7) is 3.03. The highest BCUT2D eigenvalue weighted by Gasteiger charge is 2.21. The maximum absolute atomic E-state index is 11.9. The zero-order valence-corrected chi connectivity index (χ0v) is 11.6. The largest absolute Gasteiger partial charge is 0.362 e. The fraction of sp³-hybridized carbons (Fsp3) is 0.846. The molecule has 0 atom stereocenters. The molecule has 1 rings (SSSR count). The lowest BCUT2D eigenvalue weighted by atomic mass is 9.89. The summed E-state index contributed by atoms with van der Waals surface area (Å²) in [6.07, 6.45) is 9.16. The summed E-state index contributed by atoms with van der Waals surface area (Å²) in [5.41, 5.74) is 0. The molecule has 0 saturated heterocycles. The minimum absolute atomic E-state index is 0.109. The van der Waals surface area contributed by atoms with Crippen LogP contribution in [0, 0.1) is 5.92 Å². The van der Waals surface area contributed by atoms with Crippen LogP contribution in [0.1, 0.15) is 58.3 Å². The summed E-state index contributed by atoms with van der Waals surface area (Å²) in [6, 6.07) is 0. The van der Waals surface area contributed by atoms with Gasteiger partial charge in [0.25, 0.3) is 0 Å². The van der Waals surface area contributed by atoms with Crippen molar-refractivity contribution >= 4 is 23.2 Å². The molecule has 1 amide bonds. The van der Waals surface area contributed by atoms with E-state index in [1.165, 1.54) is 32.1 Å². The van der Waals surface area contributed by atoms with E-state index in [0.717, 1.165) is 25.8 Å². The van der Waals surface area contributed by atoms with Crippen molar-refractivity contribution < 1.29 is 4.79 Å². The smallest absolute Gasteiger partial charge is 0.229 e. The molecule has 1 fully saturated rings. The van der Waals surface area contributed by atoms with Crippen molar-refractivity contribution in [2.45, 2.75) is 58.3 Å². The van der Waals surface area contributed by atoms with Crippen LogP contribution in [-0.2, 0) is 4.79 Å². The van der Waals surface area contributed by atoms with Gasteiger partial charge in [-0.15, -0.1) is 0 Å². The highest BCUT2D eigenvalue weighted by atomic mass is 32.1. The van der Waals surface area contributed by atoms with E-state index in [9.17, 15) is 4.79 Å². The number of amides is 1. The van der Waals surface area contributed by atoms with Gasteiger partial charge < -0.3 is 10.6 Å². The van der Waals surface area contributed by atoms with Crippen molar-refractivity contribution in [1.29, 1.82) is 0 Å². The molecule has 0 aliphatic heterocycles. The second-order valence-corrected chi connectivity index (χ2v) is 5.20. The molecule has 1 aliphatic rings. The van der Waals surface area contributed by atoms with Gasteiger partial charge in [-0.25, -0.2) is 0 Å². The first kappa shape index (κ1) is 14.4. The highest BCUT2D eigenvalue weighted by molar-refractivity contribution is 7.80. The zero-order valence-electron chi connectivity index (χ0n) is 10.8. The van der Waals surface area contributed by atoms with E-state index in [1.54, 1.807) is 0 Å². The first-order chi connectivity index (χ1) is 8.24. The van der Waals surface area contributed by atoms with Gasteiger partial charge in [0, 0.05) is 12.5 Å². The van der Waals surface area contributed by atoms with E-state index in [-0.39, 0.29) is 11.8 Å². The number of rotatable bonds is 5. The van der Waals surface area contributed by atoms with Crippen molar-refractivity contribution in [2.75, 3.05) is 6.54 Å². The maximum atomic E-state index is 11.9. The van der Waals surface area contributed by atoms with Gasteiger partial charge in [0.2, 0.25) is 5.91 Å². The average molecular weight is 256 g/mol. The van der Waals surface area contributed by atoms with Crippen molar-refractivity contribution in [3.8, 4) is 0 Å². The molecule has 0 unspecified atom stereocenters. The topological polar surface area (TPSA) is 41.1 Å². The third kappa shape index (κ3) is 6.01. The number of unbranched alkanes of at least 4 members (excludes halogenated alkanes) is 2. The molecule has 98 valence electrons. The number of hydrogen-bond acceptors (Lipinski definition) is 2. The van der Waals surface area contributed by atoms with Crippen LogP contribution < -0.4 is 10.6 Å². The Morgan fingerprint density at radius 3 is 2.59 bits per heavy atom. The molecule has 4 heteroatoms. The van der Waals surface area contributed by atoms with Gasteiger partial charge in [-0.05, 0) is 31.5 Å². The monoisotopic (exact) mass is 256 g/mol. The van der Waals surface area contributed by atoms with Gasteiger partial charge in [0.1, 0.15) is 0 Å². The third-order valence-corrected chi connectivity index (χ3v) is 3.52. The van der Waals surface area contributed by atoms with Crippen LogP contribution in [0.3, 0.4) is 0 Å². The summed E-state index contributed by atoms with van der Waals surface area (Å²) in [5, 5.41) is 6.39. The Morgan fingerprint density at radius 1 is 1.24 bits per heavy atom. The standard InChI is InChI=1S/C13H24N2OS/c1-2-3-7-10-14-13(17)15-12(16)11-8-5-4-6-9-11/h11H,2-10H2,1H3,(H2,14,15,16,17). The molecule has 0 aromatic carbocycles. The third-order valence-electron chi connectivity index (χ3n) is 3.28. The molecule has 17 heavy (non-hydrogen) atoms. The number of nitrogens with one attached hydrogen (secondary N) is 2. The molecule has 0 aromatic rings. The highest BCUT2D eigenvalue weighted by Crippen LogP contribution is 2.23. The average Bonchev–Trinajstić information content (AvgIpc) is 2.36. The first-order valence-electron chi connectivity index (χ1n) is 6.82. The summed E-state index contributed by atoms with van der Waals surface area (Å²) in [5.74, 6) is 0.289. The van der Waals surface area contributed by atoms with Gasteiger partial charge in [-0.2, -0.15) is 0 Å². The van der Waals surface area contributed by atoms with Gasteiger partial charge in [-0.3, -0.25) is 4.79 Å². The van der Waals surface area contributed by atoms with E-state index in [1.807, 2.05) is 0 Å². The fourth-order valence-corrected chi connectivity index (χ4v) is 2.40. The Hall–Kier alpha value is -0.640. The Balaban J connectivity index is 2.14. The second-order valence-electron chi connectivity index (χ2n) is 4.79. The van der Waals surface area contributed by atoms with Crippen LogP contribution in [0.25, 0.3) is 0 Å². The minimum atomic E-state index is 0.109. The molecule has 0 heterocycles. The Kier molecular flexibility index (Phi) is 7.17. The summed E-state index contributed by atoms with van der Waals surface area (Å²) in [4.78, 5) is 11.9. The van der Waals surface area contributed by atoms with E-state index in [4.69, 9.17) is 12.2 Å². The molecular weight excluding hydrogens is 232 g/mol. The van der Waals surface area contributed by atoms with Gasteiger partial charge in [0.15, 0.2) is 5.11 Å². The van der Waals surface area contributed by atoms with E-state index in [0.29, 0.717) is 5.11 Å². The lowest BCUT2D eigenvalue weighted by Gasteiger charge is -2.21. The van der Waals surface area contributed by atoms with Crippen molar-refractivity contribution in [3.63, 3.8) is 0 Å². The Labute approximate surface area is 110 Å². The predicted octanol–water partition coefficient (Wildman–Crippen LogP) is 2.75. The van der Waals surface area contributed by atoms with Crippen LogP contribution in [-0.4, -0.2) is 17.6 Å². The first-order valence-corrected chi connectivity index (χ1v) is 7.23. The van der Waals surface area contributed by atoms with E-state index >= 15 is 0 Å². The quantitative estimate of drug-likeness (QED) is 0.587. The summed E-state index contributed by atoms with van der Waals surface area (Å²) in [7, 11) is 0. The molecule has 0 spiro atoms. The van der Waals surface area contributed by atoms with Crippen LogP contribution >= 0.6 is 12.2 Å². The van der Waals surface area contributed by atoms with E-state index in [2.05, 4.69) is 17.6 Å². The molecule has 0 aromatic heterocycles. The summed E-state index contributed by atoms with van der Waals surface area (Å²) >= 11 is 5.11. The molecule has 1 saturated carbocycles. The fourth-order valence-electron chi connectivity index (χ4n) is 2.20.